The number of carbonyl (C=O) groups is 1. The molecule has 1 heterocycles. The smallest absolute Gasteiger partial charge is 0.550 e. The number of rotatable bonds is 9. The molecule has 2 unspecified atom stereocenters. The molecule has 8 nitrogen and oxygen atoms in total. The third kappa shape index (κ3) is 7.37. The second-order valence-corrected chi connectivity index (χ2v) is 8.27. The molecule has 0 saturated heterocycles. The summed E-state index contributed by atoms with van der Waals surface area (Å²) in [5.41, 5.74) is 1.88. The number of carbonyl (C=O) groups excluding carboxylic acids is 1. The van der Waals surface area contributed by atoms with Crippen molar-refractivity contribution in [3.8, 4) is 0 Å². The number of tetrazole rings is 1. The van der Waals surface area contributed by atoms with Crippen LogP contribution in [-0.2, 0) is 11.8 Å². The van der Waals surface area contributed by atoms with Gasteiger partial charge in [0.2, 0.25) is 0 Å². The SMILES string of the molecule is Cc1ccc(C(=C(C=CC(O)CC(O)CC(=O)[O-])c2nnnn2C)c2ccc(C)cc2F)c(F)c1.[Na+]. The quantitative estimate of drug-likeness (QED) is 0.278. The molecule has 0 radical (unpaired) electrons. The zero-order valence-electron chi connectivity index (χ0n) is 20.4. The Morgan fingerprint density at radius 3 is 2.08 bits per heavy atom. The van der Waals surface area contributed by atoms with E-state index in [0.29, 0.717) is 11.1 Å². The van der Waals surface area contributed by atoms with Gasteiger partial charge in [0.05, 0.1) is 12.2 Å². The first kappa shape index (κ1) is 29.5. The predicted octanol–water partition coefficient (Wildman–Crippen LogP) is -1.12. The molecule has 0 spiro atoms. The van der Waals surface area contributed by atoms with Gasteiger partial charge in [-0.15, -0.1) is 5.10 Å². The molecule has 0 saturated carbocycles. The zero-order chi connectivity index (χ0) is 25.7. The van der Waals surface area contributed by atoms with Crippen LogP contribution in [0.5, 0.6) is 0 Å². The Labute approximate surface area is 229 Å². The van der Waals surface area contributed by atoms with Crippen LogP contribution in [-0.4, -0.2) is 48.6 Å². The number of halogens is 2. The molecule has 3 aromatic rings. The van der Waals surface area contributed by atoms with Gasteiger partial charge in [0.15, 0.2) is 5.82 Å². The van der Waals surface area contributed by atoms with E-state index in [-0.39, 0.29) is 64.1 Å². The Kier molecular flexibility index (Phi) is 10.6. The molecular formula is C25H25F2N4NaO4. The maximum atomic E-state index is 15.2. The van der Waals surface area contributed by atoms with Crippen LogP contribution in [0, 0.1) is 25.5 Å². The summed E-state index contributed by atoms with van der Waals surface area (Å²) in [4.78, 5) is 10.7. The van der Waals surface area contributed by atoms with Crippen molar-refractivity contribution in [1.29, 1.82) is 0 Å². The van der Waals surface area contributed by atoms with Gasteiger partial charge in [-0.1, -0.05) is 36.4 Å². The van der Waals surface area contributed by atoms with Gasteiger partial charge in [0.1, 0.15) is 11.6 Å². The van der Waals surface area contributed by atoms with Gasteiger partial charge in [-0.05, 0) is 47.5 Å². The summed E-state index contributed by atoms with van der Waals surface area (Å²) in [6, 6.07) is 9.07. The van der Waals surface area contributed by atoms with Crippen molar-refractivity contribution in [3.63, 3.8) is 0 Å². The first-order valence-corrected chi connectivity index (χ1v) is 10.8. The molecule has 0 aliphatic carbocycles. The monoisotopic (exact) mass is 506 g/mol. The number of nitrogens with zero attached hydrogens (tertiary/aromatic N) is 4. The number of aryl methyl sites for hydroxylation is 3. The maximum absolute atomic E-state index is 15.2. The first-order chi connectivity index (χ1) is 16.6. The fourth-order valence-corrected chi connectivity index (χ4v) is 3.65. The number of aliphatic carboxylic acids is 1. The Bertz CT molecular complexity index is 1240. The molecule has 0 amide bonds. The van der Waals surface area contributed by atoms with Crippen molar-refractivity contribution in [2.45, 2.75) is 38.9 Å². The molecule has 0 bridgehead atoms. The van der Waals surface area contributed by atoms with Crippen molar-refractivity contribution < 1.29 is 58.5 Å². The number of aromatic nitrogens is 4. The summed E-state index contributed by atoms with van der Waals surface area (Å²) in [6.45, 7) is 3.45. The van der Waals surface area contributed by atoms with Gasteiger partial charge < -0.3 is 20.1 Å². The molecule has 2 aromatic carbocycles. The third-order valence-corrected chi connectivity index (χ3v) is 5.32. The van der Waals surface area contributed by atoms with Gasteiger partial charge in [0, 0.05) is 48.1 Å². The first-order valence-electron chi connectivity index (χ1n) is 10.8. The van der Waals surface area contributed by atoms with E-state index in [2.05, 4.69) is 15.5 Å². The second-order valence-electron chi connectivity index (χ2n) is 8.27. The number of aliphatic hydroxyl groups is 2. The van der Waals surface area contributed by atoms with E-state index in [0.717, 1.165) is 0 Å². The Morgan fingerprint density at radius 2 is 1.64 bits per heavy atom. The topological polar surface area (TPSA) is 124 Å². The minimum absolute atomic E-state index is 0. The van der Waals surface area contributed by atoms with Gasteiger partial charge in [-0.3, -0.25) is 0 Å². The summed E-state index contributed by atoms with van der Waals surface area (Å²) in [5, 5.41) is 42.3. The van der Waals surface area contributed by atoms with Crippen LogP contribution in [0.2, 0.25) is 0 Å². The van der Waals surface area contributed by atoms with Crippen LogP contribution in [0.25, 0.3) is 11.1 Å². The number of allylic oxidation sites excluding steroid dienone is 2. The molecular weight excluding hydrogens is 481 g/mol. The molecule has 0 aliphatic heterocycles. The average molecular weight is 506 g/mol. The normalized spacial score (nSPS) is 12.8. The van der Waals surface area contributed by atoms with Crippen molar-refractivity contribution in [3.05, 3.63) is 88.3 Å². The van der Waals surface area contributed by atoms with Gasteiger partial charge in [-0.2, -0.15) is 0 Å². The van der Waals surface area contributed by atoms with Crippen LogP contribution in [0.3, 0.4) is 0 Å². The predicted molar refractivity (Wildman–Crippen MR) is 122 cm³/mol. The van der Waals surface area contributed by atoms with Crippen molar-refractivity contribution in [2.75, 3.05) is 0 Å². The van der Waals surface area contributed by atoms with Crippen molar-refractivity contribution >= 4 is 17.1 Å². The Hall–Kier alpha value is -2.76. The van der Waals surface area contributed by atoms with Crippen LogP contribution >= 0.6 is 0 Å². The molecule has 2 atom stereocenters. The van der Waals surface area contributed by atoms with E-state index in [1.54, 1.807) is 33.0 Å². The van der Waals surface area contributed by atoms with E-state index >= 15 is 8.78 Å². The summed E-state index contributed by atoms with van der Waals surface area (Å²) < 4.78 is 31.7. The van der Waals surface area contributed by atoms with Crippen molar-refractivity contribution in [2.24, 2.45) is 7.05 Å². The second kappa shape index (κ2) is 13.0. The number of aliphatic hydroxyl groups excluding tert-OH is 2. The van der Waals surface area contributed by atoms with Crippen molar-refractivity contribution in [1.82, 2.24) is 20.2 Å². The summed E-state index contributed by atoms with van der Waals surface area (Å²) in [6.07, 6.45) is -0.868. The van der Waals surface area contributed by atoms with Gasteiger partial charge in [0.25, 0.3) is 0 Å². The molecule has 3 rings (SSSR count). The summed E-state index contributed by atoms with van der Waals surface area (Å²) in [5.74, 6) is -2.47. The number of benzene rings is 2. The fourth-order valence-electron chi connectivity index (χ4n) is 3.65. The Morgan fingerprint density at radius 1 is 1.08 bits per heavy atom. The van der Waals surface area contributed by atoms with Crippen LogP contribution in [0.15, 0.2) is 48.6 Å². The summed E-state index contributed by atoms with van der Waals surface area (Å²) >= 11 is 0. The number of carboxylic acid groups (broad SMARTS) is 1. The minimum Gasteiger partial charge on any atom is -0.550 e. The van der Waals surface area contributed by atoms with Gasteiger partial charge in [-0.25, -0.2) is 13.5 Å². The van der Waals surface area contributed by atoms with E-state index in [4.69, 9.17) is 0 Å². The van der Waals surface area contributed by atoms with Crippen LogP contribution in [0.1, 0.15) is 40.9 Å². The number of hydrogen-bond acceptors (Lipinski definition) is 7. The molecule has 0 aliphatic rings. The largest absolute Gasteiger partial charge is 1.00 e. The van der Waals surface area contributed by atoms with Gasteiger partial charge >= 0.3 is 29.6 Å². The van der Waals surface area contributed by atoms with E-state index in [9.17, 15) is 20.1 Å². The molecule has 0 fully saturated rings. The summed E-state index contributed by atoms with van der Waals surface area (Å²) in [7, 11) is 1.55. The number of carboxylic acids is 1. The maximum Gasteiger partial charge on any atom is 1.00 e. The molecule has 2 N–H and O–H groups in total. The molecule has 36 heavy (non-hydrogen) atoms. The Balaban J connectivity index is 0.00000456. The third-order valence-electron chi connectivity index (χ3n) is 5.32. The zero-order valence-corrected chi connectivity index (χ0v) is 22.4. The van der Waals surface area contributed by atoms with Crippen LogP contribution < -0.4 is 34.7 Å². The molecule has 1 aromatic heterocycles. The molecule has 11 heteroatoms. The average Bonchev–Trinajstić information content (AvgIpc) is 3.17. The standard InChI is InChI=1S/C25H26F2N4O4.Na/c1-14-4-7-18(21(26)10-14)24(19-8-5-15(2)11-22(19)27)20(25-28-29-30-31(25)3)9-6-16(32)12-17(33)13-23(34)35;/h4-11,16-17,32-33H,12-13H2,1-3H3,(H,34,35);/q;+1/p-1. The molecule has 184 valence electrons. The van der Waals surface area contributed by atoms with E-state index < -0.39 is 36.2 Å². The van der Waals surface area contributed by atoms with Crippen LogP contribution in [0.4, 0.5) is 8.78 Å². The van der Waals surface area contributed by atoms with E-state index in [1.165, 1.54) is 41.1 Å². The van der Waals surface area contributed by atoms with E-state index in [1.807, 2.05) is 0 Å². The fraction of sp³-hybridized carbons (Fsp3) is 0.280. The minimum atomic E-state index is -1.45. The number of hydrogen-bond donors (Lipinski definition) is 2.